The molecule has 18 heavy (non-hydrogen) atoms. The second kappa shape index (κ2) is 8.79. The first-order valence-corrected chi connectivity index (χ1v) is 6.44. The zero-order valence-electron chi connectivity index (χ0n) is 11.8. The fraction of sp³-hybridized carbons (Fsp3) is 1.00. The molecule has 0 bridgehead atoms. The molecule has 0 aliphatic carbocycles. The molecule has 0 fully saturated rings. The van der Waals surface area contributed by atoms with Crippen LogP contribution in [0.4, 0.5) is 0 Å². The molecule has 0 unspecified atom stereocenters. The molecule has 0 aliphatic heterocycles. The third-order valence-corrected chi connectivity index (χ3v) is 2.30. The van der Waals surface area contributed by atoms with Crippen LogP contribution < -0.4 is 0 Å². The molecule has 4 atom stereocenters. The Labute approximate surface area is 109 Å². The van der Waals surface area contributed by atoms with Gasteiger partial charge in [0.1, 0.15) is 0 Å². The summed E-state index contributed by atoms with van der Waals surface area (Å²) in [7, 11) is 0. The van der Waals surface area contributed by atoms with Crippen molar-refractivity contribution in [2.24, 2.45) is 0 Å². The van der Waals surface area contributed by atoms with E-state index in [0.29, 0.717) is 26.2 Å². The highest BCUT2D eigenvalue weighted by molar-refractivity contribution is 4.68. The Bertz CT molecular complexity index is 168. The molecule has 0 radical (unpaired) electrons. The molecule has 0 rings (SSSR count). The van der Waals surface area contributed by atoms with Crippen molar-refractivity contribution < 1.29 is 20.4 Å². The van der Waals surface area contributed by atoms with E-state index < -0.39 is 24.4 Å². The fourth-order valence-electron chi connectivity index (χ4n) is 1.83. The molecule has 0 aliphatic rings. The van der Waals surface area contributed by atoms with Crippen LogP contribution in [0.15, 0.2) is 0 Å². The highest BCUT2D eigenvalue weighted by Crippen LogP contribution is 2.05. The first kappa shape index (κ1) is 17.8. The topological polar surface area (TPSA) is 87.4 Å². The predicted molar refractivity (Wildman–Crippen MR) is 69.9 cm³/mol. The minimum absolute atomic E-state index is 0.352. The summed E-state index contributed by atoms with van der Waals surface area (Å²) in [5, 5.41) is 41.5. The summed E-state index contributed by atoms with van der Waals surface area (Å²) in [5.41, 5.74) is 0. The molecule has 6 heteroatoms. The number of hydrogen-bond donors (Lipinski definition) is 4. The summed E-state index contributed by atoms with van der Waals surface area (Å²) in [6.45, 7) is 8.06. The number of hydrogen-bond acceptors (Lipinski definition) is 6. The van der Waals surface area contributed by atoms with E-state index >= 15 is 0 Å². The molecule has 0 amide bonds. The molecule has 110 valence electrons. The highest BCUT2D eigenvalue weighted by atomic mass is 16.3. The van der Waals surface area contributed by atoms with Gasteiger partial charge < -0.3 is 20.4 Å². The number of aliphatic hydroxyl groups excluding tert-OH is 4. The van der Waals surface area contributed by atoms with Gasteiger partial charge in [-0.1, -0.05) is 0 Å². The first-order valence-electron chi connectivity index (χ1n) is 6.44. The summed E-state index contributed by atoms with van der Waals surface area (Å²) >= 11 is 0. The maximum absolute atomic E-state index is 9.48. The van der Waals surface area contributed by atoms with Gasteiger partial charge in [-0.3, -0.25) is 0 Å². The predicted octanol–water partition coefficient (Wildman–Crippen LogP) is -0.971. The van der Waals surface area contributed by atoms with Crippen molar-refractivity contribution in [2.45, 2.75) is 52.1 Å². The van der Waals surface area contributed by atoms with Gasteiger partial charge in [-0.05, 0) is 27.7 Å². The standard InChI is InChI=1S/C12H28N2O4/c1-9(15)5-13(6-10(2)16)14(7-11(3)17)8-12(4)18/h9-12,15-18H,5-8H2,1-4H3/t9-,10-,11+,12+. The largest absolute Gasteiger partial charge is 0.392 e. The third-order valence-electron chi connectivity index (χ3n) is 2.30. The van der Waals surface area contributed by atoms with Gasteiger partial charge in [-0.2, -0.15) is 0 Å². The van der Waals surface area contributed by atoms with E-state index in [-0.39, 0.29) is 0 Å². The van der Waals surface area contributed by atoms with Crippen molar-refractivity contribution in [3.8, 4) is 0 Å². The van der Waals surface area contributed by atoms with Gasteiger partial charge in [0.2, 0.25) is 0 Å². The van der Waals surface area contributed by atoms with Crippen LogP contribution in [0.5, 0.6) is 0 Å². The lowest BCUT2D eigenvalue weighted by Gasteiger charge is -2.38. The van der Waals surface area contributed by atoms with E-state index in [1.165, 1.54) is 0 Å². The van der Waals surface area contributed by atoms with E-state index in [0.717, 1.165) is 0 Å². The lowest BCUT2D eigenvalue weighted by Crippen LogP contribution is -2.53. The first-order chi connectivity index (χ1) is 8.22. The number of nitrogens with zero attached hydrogens (tertiary/aromatic N) is 2. The van der Waals surface area contributed by atoms with Gasteiger partial charge in [0.15, 0.2) is 0 Å². The van der Waals surface area contributed by atoms with E-state index in [1.54, 1.807) is 37.7 Å². The van der Waals surface area contributed by atoms with Crippen LogP contribution in [-0.4, -0.2) is 81.0 Å². The van der Waals surface area contributed by atoms with E-state index in [4.69, 9.17) is 0 Å². The van der Waals surface area contributed by atoms with Crippen LogP contribution in [0.2, 0.25) is 0 Å². The van der Waals surface area contributed by atoms with Crippen LogP contribution in [0.25, 0.3) is 0 Å². The van der Waals surface area contributed by atoms with Crippen LogP contribution in [0.1, 0.15) is 27.7 Å². The molecule has 0 aromatic heterocycles. The van der Waals surface area contributed by atoms with Gasteiger partial charge in [0, 0.05) is 26.2 Å². The highest BCUT2D eigenvalue weighted by Gasteiger charge is 2.21. The SMILES string of the molecule is C[C@H](O)CN(C[C@H](C)O)N(C[C@@H](C)O)C[C@@H](C)O. The van der Waals surface area contributed by atoms with Crippen molar-refractivity contribution >= 4 is 0 Å². The molecule has 0 aromatic rings. The van der Waals surface area contributed by atoms with E-state index in [9.17, 15) is 20.4 Å². The summed E-state index contributed by atoms with van der Waals surface area (Å²) in [6.07, 6.45) is -2.19. The average Bonchev–Trinajstić information content (AvgIpc) is 2.12. The maximum atomic E-state index is 9.48. The monoisotopic (exact) mass is 264 g/mol. The number of rotatable bonds is 9. The number of aliphatic hydroxyl groups is 4. The van der Waals surface area contributed by atoms with Crippen LogP contribution in [-0.2, 0) is 0 Å². The van der Waals surface area contributed by atoms with Crippen molar-refractivity contribution in [1.29, 1.82) is 0 Å². The Kier molecular flexibility index (Phi) is 8.67. The molecular weight excluding hydrogens is 236 g/mol. The number of hydrazine groups is 1. The average molecular weight is 264 g/mol. The summed E-state index contributed by atoms with van der Waals surface area (Å²) in [4.78, 5) is 0. The van der Waals surface area contributed by atoms with E-state index in [2.05, 4.69) is 0 Å². The minimum atomic E-state index is -0.547. The maximum Gasteiger partial charge on any atom is 0.0653 e. The van der Waals surface area contributed by atoms with E-state index in [1.807, 2.05) is 0 Å². The van der Waals surface area contributed by atoms with Gasteiger partial charge in [0.25, 0.3) is 0 Å². The van der Waals surface area contributed by atoms with Crippen molar-refractivity contribution in [2.75, 3.05) is 26.2 Å². The molecule has 4 N–H and O–H groups in total. The zero-order chi connectivity index (χ0) is 14.3. The normalized spacial score (nSPS) is 19.0. The fourth-order valence-corrected chi connectivity index (χ4v) is 1.83. The second-order valence-electron chi connectivity index (χ2n) is 5.14. The van der Waals surface area contributed by atoms with Crippen molar-refractivity contribution in [3.63, 3.8) is 0 Å². The van der Waals surface area contributed by atoms with Crippen LogP contribution in [0, 0.1) is 0 Å². The quantitative estimate of drug-likeness (QED) is 0.401. The Balaban J connectivity index is 4.69. The Morgan fingerprint density at radius 2 is 0.722 bits per heavy atom. The van der Waals surface area contributed by atoms with Gasteiger partial charge >= 0.3 is 0 Å². The summed E-state index contributed by atoms with van der Waals surface area (Å²) in [5.74, 6) is 0. The minimum Gasteiger partial charge on any atom is -0.392 e. The van der Waals surface area contributed by atoms with Crippen molar-refractivity contribution in [1.82, 2.24) is 10.0 Å². The third kappa shape index (κ3) is 8.79. The van der Waals surface area contributed by atoms with Crippen LogP contribution >= 0.6 is 0 Å². The molecule has 0 heterocycles. The van der Waals surface area contributed by atoms with Crippen LogP contribution in [0.3, 0.4) is 0 Å². The Morgan fingerprint density at radius 1 is 0.556 bits per heavy atom. The van der Waals surface area contributed by atoms with Gasteiger partial charge in [-0.25, -0.2) is 10.0 Å². The Morgan fingerprint density at radius 3 is 0.833 bits per heavy atom. The smallest absolute Gasteiger partial charge is 0.0653 e. The molecule has 0 saturated carbocycles. The Hall–Kier alpha value is -0.240. The zero-order valence-corrected chi connectivity index (χ0v) is 11.8. The molecule has 6 nitrogen and oxygen atoms in total. The molecule has 0 spiro atoms. The van der Waals surface area contributed by atoms with Gasteiger partial charge in [-0.15, -0.1) is 0 Å². The van der Waals surface area contributed by atoms with Crippen molar-refractivity contribution in [3.05, 3.63) is 0 Å². The lowest BCUT2D eigenvalue weighted by molar-refractivity contribution is -0.101. The molecular formula is C12H28N2O4. The molecule has 0 aromatic carbocycles. The lowest BCUT2D eigenvalue weighted by atomic mass is 10.3. The summed E-state index contributed by atoms with van der Waals surface area (Å²) < 4.78 is 0. The summed E-state index contributed by atoms with van der Waals surface area (Å²) in [6, 6.07) is 0. The molecule has 0 saturated heterocycles. The second-order valence-corrected chi connectivity index (χ2v) is 5.14. The van der Waals surface area contributed by atoms with Gasteiger partial charge in [0.05, 0.1) is 24.4 Å².